The number of aromatic hydroxyl groups is 3. The van der Waals surface area contributed by atoms with E-state index >= 15 is 0 Å². The Balaban J connectivity index is 2.12. The Morgan fingerprint density at radius 2 is 1.83 bits per heavy atom. The minimum Gasteiger partial charge on any atom is -0.508 e. The Kier molecular flexibility index (Phi) is 3.61. The fourth-order valence-corrected chi connectivity index (χ4v) is 2.73. The summed E-state index contributed by atoms with van der Waals surface area (Å²) in [4.78, 5) is 12.5. The quantitative estimate of drug-likeness (QED) is 0.805. The second-order valence-corrected chi connectivity index (χ2v) is 5.27. The largest absolute Gasteiger partial charge is 0.508 e. The number of hydrogen-bond donors (Lipinski definition) is 3. The normalized spacial score (nSPS) is 20.0. The van der Waals surface area contributed by atoms with Crippen LogP contribution in [0.25, 0.3) is 0 Å². The second kappa shape index (κ2) is 5.48. The molecule has 2 aromatic rings. The third-order valence-electron chi connectivity index (χ3n) is 3.70. The maximum absolute atomic E-state index is 12.5. The minimum absolute atomic E-state index is 0.0249. The molecule has 2 aromatic carbocycles. The van der Waals surface area contributed by atoms with Gasteiger partial charge in [0.1, 0.15) is 28.6 Å². The van der Waals surface area contributed by atoms with E-state index in [2.05, 4.69) is 0 Å². The van der Waals surface area contributed by atoms with E-state index in [0.717, 1.165) is 6.07 Å². The fraction of sp³-hybridized carbons (Fsp3) is 0.235. The van der Waals surface area contributed by atoms with E-state index in [4.69, 9.17) is 9.47 Å². The highest BCUT2D eigenvalue weighted by atomic mass is 16.7. The van der Waals surface area contributed by atoms with Gasteiger partial charge in [0.25, 0.3) is 0 Å². The molecule has 6 nitrogen and oxygen atoms in total. The average Bonchev–Trinajstić information content (AvgIpc) is 2.46. The van der Waals surface area contributed by atoms with Crippen molar-refractivity contribution in [2.24, 2.45) is 0 Å². The zero-order chi connectivity index (χ0) is 16.6. The monoisotopic (exact) mass is 316 g/mol. The molecule has 0 aromatic heterocycles. The molecule has 3 rings (SSSR count). The number of rotatable bonds is 3. The molecule has 1 aliphatic rings. The highest BCUT2D eigenvalue weighted by molar-refractivity contribution is 6.03. The number of benzene rings is 2. The third-order valence-corrected chi connectivity index (χ3v) is 3.70. The van der Waals surface area contributed by atoms with E-state index in [1.807, 2.05) is 0 Å². The van der Waals surface area contributed by atoms with E-state index in [9.17, 15) is 20.1 Å². The van der Waals surface area contributed by atoms with Gasteiger partial charge in [-0.3, -0.25) is 4.79 Å². The molecule has 0 saturated carbocycles. The number of phenolic OH excluding ortho intramolecular Hbond substituents is 3. The van der Waals surface area contributed by atoms with Crippen LogP contribution >= 0.6 is 0 Å². The van der Waals surface area contributed by atoms with Crippen LogP contribution in [0.5, 0.6) is 23.0 Å². The first-order valence-corrected chi connectivity index (χ1v) is 7.17. The smallest absolute Gasteiger partial charge is 0.244 e. The summed E-state index contributed by atoms with van der Waals surface area (Å²) in [6.07, 6.45) is -0.128. The number of Topliss-reactive ketones (excluding diaryl/α,β-unsaturated/α-hetero) is 1. The predicted octanol–water partition coefficient (Wildman–Crippen LogP) is 2.66. The Morgan fingerprint density at radius 1 is 1.13 bits per heavy atom. The van der Waals surface area contributed by atoms with Gasteiger partial charge >= 0.3 is 0 Å². The predicted molar refractivity (Wildman–Crippen MR) is 80.8 cm³/mol. The average molecular weight is 316 g/mol. The van der Waals surface area contributed by atoms with Crippen molar-refractivity contribution >= 4 is 5.78 Å². The van der Waals surface area contributed by atoms with Crippen molar-refractivity contribution in [2.75, 3.05) is 6.61 Å². The van der Waals surface area contributed by atoms with Crippen LogP contribution < -0.4 is 4.74 Å². The van der Waals surface area contributed by atoms with E-state index in [-0.39, 0.29) is 47.4 Å². The SMILES string of the molecule is CCOC1(c2ccc(O)cc2)CC(=O)c2c(O)cc(O)cc2O1. The lowest BCUT2D eigenvalue weighted by Gasteiger charge is -2.37. The van der Waals surface area contributed by atoms with Gasteiger partial charge in [-0.2, -0.15) is 0 Å². The summed E-state index contributed by atoms with van der Waals surface area (Å²) in [7, 11) is 0. The lowest BCUT2D eigenvalue weighted by atomic mass is 9.92. The summed E-state index contributed by atoms with van der Waals surface area (Å²) in [5.41, 5.74) is 0.580. The molecule has 0 radical (unpaired) electrons. The fourth-order valence-electron chi connectivity index (χ4n) is 2.73. The van der Waals surface area contributed by atoms with Crippen LogP contribution in [0.1, 0.15) is 29.3 Å². The summed E-state index contributed by atoms with van der Waals surface area (Å²) in [5.74, 6) is -2.14. The Bertz CT molecular complexity index is 752. The molecule has 1 atom stereocenters. The number of phenols is 3. The Labute approximate surface area is 132 Å². The lowest BCUT2D eigenvalue weighted by molar-refractivity contribution is -0.190. The molecule has 0 amide bonds. The molecule has 6 heteroatoms. The van der Waals surface area contributed by atoms with Crippen LogP contribution in [0, 0.1) is 0 Å². The lowest BCUT2D eigenvalue weighted by Crippen LogP contribution is -2.42. The first-order valence-electron chi connectivity index (χ1n) is 7.17. The van der Waals surface area contributed by atoms with Crippen molar-refractivity contribution in [1.29, 1.82) is 0 Å². The topological polar surface area (TPSA) is 96.2 Å². The van der Waals surface area contributed by atoms with Gasteiger partial charge in [0, 0.05) is 24.3 Å². The molecule has 0 aliphatic carbocycles. The van der Waals surface area contributed by atoms with Crippen molar-refractivity contribution in [3.8, 4) is 23.0 Å². The summed E-state index contributed by atoms with van der Waals surface area (Å²) in [6.45, 7) is 2.06. The highest BCUT2D eigenvalue weighted by Crippen LogP contribution is 2.45. The number of hydrogen-bond acceptors (Lipinski definition) is 6. The third kappa shape index (κ3) is 2.57. The molecule has 120 valence electrons. The van der Waals surface area contributed by atoms with Crippen molar-refractivity contribution in [1.82, 2.24) is 0 Å². The molecule has 0 fully saturated rings. The van der Waals surface area contributed by atoms with Crippen LogP contribution in [-0.2, 0) is 10.5 Å². The van der Waals surface area contributed by atoms with E-state index < -0.39 is 5.79 Å². The van der Waals surface area contributed by atoms with E-state index in [0.29, 0.717) is 5.56 Å². The van der Waals surface area contributed by atoms with Gasteiger partial charge in [0.2, 0.25) is 5.79 Å². The second-order valence-electron chi connectivity index (χ2n) is 5.27. The number of carbonyl (C=O) groups excluding carboxylic acids is 1. The van der Waals surface area contributed by atoms with Gasteiger partial charge in [0.15, 0.2) is 5.78 Å². The molecule has 0 spiro atoms. The summed E-state index contributed by atoms with van der Waals surface area (Å²) in [5, 5.41) is 29.0. The minimum atomic E-state index is -1.37. The van der Waals surface area contributed by atoms with E-state index in [1.165, 1.54) is 18.2 Å². The van der Waals surface area contributed by atoms with Gasteiger partial charge in [-0.1, -0.05) is 0 Å². The molecule has 0 saturated heterocycles. The number of ketones is 1. The molecule has 3 N–H and O–H groups in total. The molecule has 1 heterocycles. The zero-order valence-electron chi connectivity index (χ0n) is 12.4. The summed E-state index contributed by atoms with van der Waals surface area (Å²) >= 11 is 0. The highest BCUT2D eigenvalue weighted by Gasteiger charge is 2.44. The van der Waals surface area contributed by atoms with Crippen LogP contribution in [0.3, 0.4) is 0 Å². The van der Waals surface area contributed by atoms with Crippen molar-refractivity contribution in [2.45, 2.75) is 19.1 Å². The van der Waals surface area contributed by atoms with Crippen LogP contribution in [0.4, 0.5) is 0 Å². The molecule has 23 heavy (non-hydrogen) atoms. The summed E-state index contributed by atoms with van der Waals surface area (Å²) in [6, 6.07) is 8.51. The van der Waals surface area contributed by atoms with Gasteiger partial charge < -0.3 is 24.8 Å². The first kappa shape index (κ1) is 15.2. The molecule has 0 bridgehead atoms. The molecular formula is C17H16O6. The zero-order valence-corrected chi connectivity index (χ0v) is 12.4. The van der Waals surface area contributed by atoms with Gasteiger partial charge in [-0.15, -0.1) is 0 Å². The number of ether oxygens (including phenoxy) is 2. The van der Waals surface area contributed by atoms with Crippen molar-refractivity contribution in [3.05, 3.63) is 47.5 Å². The maximum Gasteiger partial charge on any atom is 0.244 e. The van der Waals surface area contributed by atoms with Gasteiger partial charge in [-0.05, 0) is 31.2 Å². The van der Waals surface area contributed by atoms with Gasteiger partial charge in [-0.25, -0.2) is 0 Å². The molecular weight excluding hydrogens is 300 g/mol. The standard InChI is InChI=1S/C17H16O6/c1-2-22-17(10-3-5-11(18)6-4-10)9-14(21)16-13(20)7-12(19)8-15(16)23-17/h3-8,18-20H,2,9H2,1H3. The summed E-state index contributed by atoms with van der Waals surface area (Å²) < 4.78 is 11.6. The van der Waals surface area contributed by atoms with Crippen molar-refractivity contribution < 1.29 is 29.6 Å². The van der Waals surface area contributed by atoms with E-state index in [1.54, 1.807) is 19.1 Å². The Morgan fingerprint density at radius 3 is 2.48 bits per heavy atom. The molecule has 1 aliphatic heterocycles. The first-order chi connectivity index (χ1) is 10.9. The maximum atomic E-state index is 12.5. The van der Waals surface area contributed by atoms with Crippen LogP contribution in [0.15, 0.2) is 36.4 Å². The van der Waals surface area contributed by atoms with Crippen LogP contribution in [0.2, 0.25) is 0 Å². The Hall–Kier alpha value is -2.73. The number of fused-ring (bicyclic) bond motifs is 1. The van der Waals surface area contributed by atoms with Crippen molar-refractivity contribution in [3.63, 3.8) is 0 Å². The van der Waals surface area contributed by atoms with Gasteiger partial charge in [0.05, 0.1) is 6.42 Å². The van der Waals surface area contributed by atoms with Crippen LogP contribution in [-0.4, -0.2) is 27.7 Å². The molecule has 1 unspecified atom stereocenters. The number of carbonyl (C=O) groups is 1.